The van der Waals surface area contributed by atoms with Gasteiger partial charge >= 0.3 is 0 Å². The first-order chi connectivity index (χ1) is 16.1. The maximum absolute atomic E-state index is 14.0. The van der Waals surface area contributed by atoms with Crippen molar-refractivity contribution in [3.05, 3.63) is 106 Å². The quantitative estimate of drug-likeness (QED) is 0.258. The number of carbonyl (C=O) groups is 1. The van der Waals surface area contributed by atoms with E-state index in [0.29, 0.717) is 28.7 Å². The summed E-state index contributed by atoms with van der Waals surface area (Å²) < 4.78 is 15.8. The topological polar surface area (TPSA) is 59.8 Å². The van der Waals surface area contributed by atoms with Gasteiger partial charge in [0, 0.05) is 23.8 Å². The van der Waals surface area contributed by atoms with Crippen molar-refractivity contribution in [1.82, 2.24) is 20.1 Å². The van der Waals surface area contributed by atoms with E-state index in [4.69, 9.17) is 0 Å². The minimum atomic E-state index is -0.367. The van der Waals surface area contributed by atoms with Gasteiger partial charge in [0.25, 0.3) is 0 Å². The van der Waals surface area contributed by atoms with E-state index in [2.05, 4.69) is 15.5 Å². The molecule has 0 spiro atoms. The van der Waals surface area contributed by atoms with Gasteiger partial charge in [0.05, 0.1) is 6.04 Å². The van der Waals surface area contributed by atoms with Crippen LogP contribution >= 0.6 is 23.1 Å². The van der Waals surface area contributed by atoms with Crippen molar-refractivity contribution in [1.29, 1.82) is 0 Å². The van der Waals surface area contributed by atoms with E-state index in [1.54, 1.807) is 29.5 Å². The molecule has 2 aromatic carbocycles. The highest BCUT2D eigenvalue weighted by Gasteiger charge is 2.22. The number of nitrogens with zero attached hydrogens (tertiary/aromatic N) is 3. The second-order valence-electron chi connectivity index (χ2n) is 7.38. The fraction of sp³-hybridized carbons (Fsp3) is 0.160. The Morgan fingerprint density at radius 3 is 2.67 bits per heavy atom. The summed E-state index contributed by atoms with van der Waals surface area (Å²) in [4.78, 5) is 13.7. The van der Waals surface area contributed by atoms with Gasteiger partial charge in [-0.2, -0.15) is 0 Å². The number of hydrogen-bond donors (Lipinski definition) is 1. The van der Waals surface area contributed by atoms with Crippen molar-refractivity contribution < 1.29 is 9.18 Å². The number of hydrogen-bond acceptors (Lipinski definition) is 5. The molecule has 0 aliphatic rings. The smallest absolute Gasteiger partial charge is 0.244 e. The Bertz CT molecular complexity index is 1220. The largest absolute Gasteiger partial charge is 0.342 e. The number of thioether (sulfide) groups is 1. The Morgan fingerprint density at radius 2 is 1.91 bits per heavy atom. The highest BCUT2D eigenvalue weighted by molar-refractivity contribution is 7.98. The number of carbonyl (C=O) groups excluding carboxylic acids is 1. The number of aromatic nitrogens is 3. The number of thiophene rings is 1. The van der Waals surface area contributed by atoms with Crippen LogP contribution in [0.2, 0.25) is 0 Å². The van der Waals surface area contributed by atoms with E-state index in [0.717, 1.165) is 10.4 Å². The number of nitrogens with one attached hydrogen (secondary N) is 1. The van der Waals surface area contributed by atoms with E-state index >= 15 is 0 Å². The van der Waals surface area contributed by atoms with Crippen LogP contribution in [0.1, 0.15) is 27.9 Å². The number of benzene rings is 2. The van der Waals surface area contributed by atoms with Gasteiger partial charge in [-0.15, -0.1) is 21.5 Å². The van der Waals surface area contributed by atoms with E-state index < -0.39 is 0 Å². The van der Waals surface area contributed by atoms with Crippen molar-refractivity contribution in [2.45, 2.75) is 23.4 Å². The van der Waals surface area contributed by atoms with Crippen molar-refractivity contribution in [2.24, 2.45) is 7.05 Å². The number of halogens is 1. The van der Waals surface area contributed by atoms with Crippen LogP contribution in [0.5, 0.6) is 0 Å². The van der Waals surface area contributed by atoms with Gasteiger partial charge in [0.15, 0.2) is 11.0 Å². The van der Waals surface area contributed by atoms with Crippen LogP contribution in [0.25, 0.3) is 6.08 Å². The molecule has 168 valence electrons. The first-order valence-electron chi connectivity index (χ1n) is 10.4. The molecule has 1 N–H and O–H groups in total. The van der Waals surface area contributed by atoms with Crippen LogP contribution in [0, 0.1) is 5.82 Å². The molecule has 0 aliphatic heterocycles. The average molecular weight is 479 g/mol. The molecule has 4 rings (SSSR count). The minimum absolute atomic E-state index is 0.201. The Labute approximate surface area is 200 Å². The standard InChI is InChI=1S/C25H23FN4OS2/c1-30-24(28-29-25(30)33-17-19-10-5-6-12-21(19)26)22(16-18-8-3-2-4-9-18)27-23(31)14-13-20-11-7-15-32-20/h2-15,22H,16-17H2,1H3,(H,27,31)/b14-13+/t22-/m1/s1. The van der Waals surface area contributed by atoms with Gasteiger partial charge < -0.3 is 9.88 Å². The molecule has 0 fully saturated rings. The Balaban J connectivity index is 1.52. The summed E-state index contributed by atoms with van der Waals surface area (Å²) in [5.41, 5.74) is 1.69. The van der Waals surface area contributed by atoms with Crippen LogP contribution in [0.4, 0.5) is 4.39 Å². The highest BCUT2D eigenvalue weighted by atomic mass is 32.2. The second kappa shape index (κ2) is 11.1. The summed E-state index contributed by atoms with van der Waals surface area (Å²) in [5.74, 6) is 0.651. The maximum Gasteiger partial charge on any atom is 0.244 e. The molecule has 2 aromatic heterocycles. The third kappa shape index (κ3) is 6.18. The maximum atomic E-state index is 14.0. The van der Waals surface area contributed by atoms with Crippen molar-refractivity contribution >= 4 is 35.1 Å². The zero-order valence-corrected chi connectivity index (χ0v) is 19.7. The van der Waals surface area contributed by atoms with E-state index in [1.165, 1.54) is 23.9 Å². The van der Waals surface area contributed by atoms with Crippen LogP contribution in [0.3, 0.4) is 0 Å². The number of amides is 1. The fourth-order valence-corrected chi connectivity index (χ4v) is 4.86. The molecule has 2 heterocycles. The monoisotopic (exact) mass is 478 g/mol. The van der Waals surface area contributed by atoms with Crippen LogP contribution < -0.4 is 5.32 Å². The summed E-state index contributed by atoms with van der Waals surface area (Å²) in [6.45, 7) is 0. The Kier molecular flexibility index (Phi) is 7.70. The lowest BCUT2D eigenvalue weighted by atomic mass is 10.1. The van der Waals surface area contributed by atoms with Gasteiger partial charge in [0.1, 0.15) is 5.82 Å². The zero-order valence-electron chi connectivity index (χ0n) is 18.0. The third-order valence-electron chi connectivity index (χ3n) is 5.04. The molecule has 5 nitrogen and oxygen atoms in total. The minimum Gasteiger partial charge on any atom is -0.342 e. The summed E-state index contributed by atoms with van der Waals surface area (Å²) in [6, 6.07) is 20.2. The molecular formula is C25H23FN4OS2. The Hall–Kier alpha value is -3.23. The average Bonchev–Trinajstić information content (AvgIpc) is 3.47. The molecule has 0 saturated heterocycles. The molecule has 1 atom stereocenters. The molecule has 8 heteroatoms. The summed E-state index contributed by atoms with van der Waals surface area (Å²) in [7, 11) is 1.87. The van der Waals surface area contributed by atoms with Crippen LogP contribution in [0.15, 0.2) is 83.3 Å². The lowest BCUT2D eigenvalue weighted by molar-refractivity contribution is -0.117. The lowest BCUT2D eigenvalue weighted by Gasteiger charge is -2.17. The summed E-state index contributed by atoms with van der Waals surface area (Å²) in [5, 5.41) is 14.4. The first-order valence-corrected chi connectivity index (χ1v) is 12.3. The summed E-state index contributed by atoms with van der Waals surface area (Å²) in [6.07, 6.45) is 3.91. The first kappa shape index (κ1) is 22.9. The molecule has 4 aromatic rings. The summed E-state index contributed by atoms with van der Waals surface area (Å²) >= 11 is 2.98. The van der Waals surface area contributed by atoms with Crippen molar-refractivity contribution in [3.63, 3.8) is 0 Å². The van der Waals surface area contributed by atoms with Crippen molar-refractivity contribution in [2.75, 3.05) is 0 Å². The molecule has 0 unspecified atom stereocenters. The van der Waals surface area contributed by atoms with Gasteiger partial charge in [-0.1, -0.05) is 66.4 Å². The highest BCUT2D eigenvalue weighted by Crippen LogP contribution is 2.25. The van der Waals surface area contributed by atoms with Crippen LogP contribution in [-0.4, -0.2) is 20.7 Å². The second-order valence-corrected chi connectivity index (χ2v) is 9.30. The van der Waals surface area contributed by atoms with Crippen molar-refractivity contribution in [3.8, 4) is 0 Å². The molecule has 33 heavy (non-hydrogen) atoms. The van der Waals surface area contributed by atoms with Gasteiger partial charge in [-0.3, -0.25) is 4.79 Å². The molecule has 0 aliphatic carbocycles. The predicted octanol–water partition coefficient (Wildman–Crippen LogP) is 5.42. The van der Waals surface area contributed by atoms with Gasteiger partial charge in [-0.05, 0) is 41.1 Å². The normalized spacial score (nSPS) is 12.2. The molecule has 1 amide bonds. The fourth-order valence-electron chi connectivity index (χ4n) is 3.33. The van der Waals surface area contributed by atoms with E-state index in [-0.39, 0.29) is 17.8 Å². The SMILES string of the molecule is Cn1c(SCc2ccccc2F)nnc1[C@@H](Cc1ccccc1)NC(=O)/C=C/c1cccs1. The molecule has 0 saturated carbocycles. The Morgan fingerprint density at radius 1 is 1.12 bits per heavy atom. The van der Waals surface area contributed by atoms with Gasteiger partial charge in [0.2, 0.25) is 5.91 Å². The molecule has 0 radical (unpaired) electrons. The van der Waals surface area contributed by atoms with Gasteiger partial charge in [-0.25, -0.2) is 4.39 Å². The molecule has 0 bridgehead atoms. The van der Waals surface area contributed by atoms with Crippen LogP contribution in [-0.2, 0) is 24.0 Å². The number of rotatable bonds is 9. The predicted molar refractivity (Wildman–Crippen MR) is 131 cm³/mol. The lowest BCUT2D eigenvalue weighted by Crippen LogP contribution is -2.30. The zero-order chi connectivity index (χ0) is 23.0. The van der Waals surface area contributed by atoms with E-state index in [1.807, 2.05) is 65.5 Å². The van der Waals surface area contributed by atoms with E-state index in [9.17, 15) is 9.18 Å². The molecular weight excluding hydrogens is 455 g/mol. The third-order valence-corrected chi connectivity index (χ3v) is 6.94.